The van der Waals surface area contributed by atoms with Gasteiger partial charge < -0.3 is 60.2 Å². The minimum absolute atomic E-state index is 0.0869. The molecule has 9 N–H and O–H groups in total. The Balaban J connectivity index is 0.000000382. The van der Waals surface area contributed by atoms with Gasteiger partial charge in [0, 0.05) is 5.56 Å². The number of aliphatic hydroxyl groups excluding tert-OH is 9. The van der Waals surface area contributed by atoms with Crippen molar-refractivity contribution in [2.45, 2.75) is 55.6 Å². The van der Waals surface area contributed by atoms with Crippen molar-refractivity contribution >= 4 is 6.29 Å². The molecule has 0 spiro atoms. The molecule has 0 unspecified atom stereocenters. The van der Waals surface area contributed by atoms with Crippen molar-refractivity contribution < 1.29 is 60.2 Å². The van der Waals surface area contributed by atoms with Crippen LogP contribution in [0.5, 0.6) is 5.75 Å². The first-order valence-electron chi connectivity index (χ1n) is 8.98. The molecule has 1 aromatic rings. The average molecular weight is 436 g/mol. The third kappa shape index (κ3) is 6.92. The van der Waals surface area contributed by atoms with E-state index in [1.165, 1.54) is 0 Å². The second kappa shape index (κ2) is 12.9. The van der Waals surface area contributed by atoms with E-state index >= 15 is 0 Å². The SMILES string of the molecule is O=C[C@H](O)[C@H](O)[C@H](O)CO.OCc1ccccc1O[C@@H]1O[C@H](CO)[C@@H](O)[C@H](O)[C@H]1O. The predicted molar refractivity (Wildman–Crippen MR) is 97.9 cm³/mol. The second-order valence-electron chi connectivity index (χ2n) is 6.45. The normalized spacial score (nSPS) is 29.2. The van der Waals surface area contributed by atoms with E-state index in [0.717, 1.165) is 0 Å². The molecule has 0 bridgehead atoms. The molecule has 1 saturated heterocycles. The lowest BCUT2D eigenvalue weighted by atomic mass is 9.99. The smallest absolute Gasteiger partial charge is 0.229 e. The lowest BCUT2D eigenvalue weighted by molar-refractivity contribution is -0.277. The molecule has 2 rings (SSSR count). The fraction of sp³-hybridized carbons (Fsp3) is 0.611. The van der Waals surface area contributed by atoms with Crippen LogP contribution in [-0.4, -0.2) is 114 Å². The van der Waals surface area contributed by atoms with Crippen LogP contribution in [-0.2, 0) is 16.1 Å². The fourth-order valence-electron chi connectivity index (χ4n) is 2.46. The number of carbonyl (C=O) groups excluding carboxylic acids is 1. The third-order valence-electron chi connectivity index (χ3n) is 4.31. The molecule has 0 amide bonds. The van der Waals surface area contributed by atoms with Crippen LogP contribution in [0.2, 0.25) is 0 Å². The summed E-state index contributed by atoms with van der Waals surface area (Å²) in [7, 11) is 0. The molecule has 8 atom stereocenters. The highest BCUT2D eigenvalue weighted by molar-refractivity contribution is 5.56. The monoisotopic (exact) mass is 436 g/mol. The summed E-state index contributed by atoms with van der Waals surface area (Å²) in [5, 5.41) is 81.5. The molecule has 12 heteroatoms. The molecule has 1 fully saturated rings. The number of aliphatic hydroxyl groups is 9. The summed E-state index contributed by atoms with van der Waals surface area (Å²) in [6, 6.07) is 6.61. The Bertz CT molecular complexity index is 627. The number of hydrogen-bond acceptors (Lipinski definition) is 12. The van der Waals surface area contributed by atoms with E-state index in [1.54, 1.807) is 24.3 Å². The highest BCUT2D eigenvalue weighted by atomic mass is 16.7. The maximum Gasteiger partial charge on any atom is 0.229 e. The number of benzene rings is 1. The first kappa shape index (κ1) is 26.3. The van der Waals surface area contributed by atoms with E-state index in [0.29, 0.717) is 11.3 Å². The summed E-state index contributed by atoms with van der Waals surface area (Å²) < 4.78 is 10.6. The zero-order valence-electron chi connectivity index (χ0n) is 15.9. The molecule has 172 valence electrons. The van der Waals surface area contributed by atoms with Crippen LogP contribution in [0, 0.1) is 0 Å². The minimum Gasteiger partial charge on any atom is -0.462 e. The van der Waals surface area contributed by atoms with Crippen LogP contribution in [0.3, 0.4) is 0 Å². The van der Waals surface area contributed by atoms with Crippen molar-refractivity contribution in [2.24, 2.45) is 0 Å². The Labute approximate surface area is 171 Å². The topological polar surface area (TPSA) is 218 Å². The maximum atomic E-state index is 9.84. The standard InChI is InChI=1S/C13H18O7.C5H10O5/c14-5-7-3-1-2-4-8(7)19-13-12(18)11(17)10(16)9(6-15)20-13;6-1-3(8)5(10)4(9)2-7/h1-4,9-18H,5-6H2;1,3-5,7-10H,2H2/t9-,10-,11+,12-,13-;3-,4+,5-/m10/s1. The Morgan fingerprint density at radius 2 is 1.63 bits per heavy atom. The maximum absolute atomic E-state index is 9.84. The first-order chi connectivity index (χ1) is 14.2. The number of para-hydroxylation sites is 1. The molecule has 1 aliphatic heterocycles. The van der Waals surface area contributed by atoms with Gasteiger partial charge in [0.15, 0.2) is 6.29 Å². The van der Waals surface area contributed by atoms with Crippen LogP contribution in [0.1, 0.15) is 5.56 Å². The van der Waals surface area contributed by atoms with Gasteiger partial charge in [0.25, 0.3) is 0 Å². The van der Waals surface area contributed by atoms with Gasteiger partial charge in [-0.05, 0) is 6.07 Å². The zero-order valence-corrected chi connectivity index (χ0v) is 15.9. The molecule has 0 radical (unpaired) electrons. The van der Waals surface area contributed by atoms with Crippen LogP contribution in [0.25, 0.3) is 0 Å². The zero-order chi connectivity index (χ0) is 22.8. The van der Waals surface area contributed by atoms with Gasteiger partial charge in [-0.3, -0.25) is 0 Å². The molecule has 1 aliphatic rings. The van der Waals surface area contributed by atoms with Crippen LogP contribution >= 0.6 is 0 Å². The van der Waals surface area contributed by atoms with E-state index in [-0.39, 0.29) is 12.9 Å². The van der Waals surface area contributed by atoms with Crippen molar-refractivity contribution in [1.29, 1.82) is 0 Å². The molecule has 0 saturated carbocycles. The van der Waals surface area contributed by atoms with Crippen molar-refractivity contribution in [3.8, 4) is 5.75 Å². The Hall–Kier alpha value is -1.71. The number of rotatable bonds is 8. The number of ether oxygens (including phenoxy) is 2. The Kier molecular flexibility index (Phi) is 11.3. The van der Waals surface area contributed by atoms with E-state index in [1.807, 2.05) is 0 Å². The summed E-state index contributed by atoms with van der Waals surface area (Å²) in [6.07, 6.45) is -11.3. The van der Waals surface area contributed by atoms with Gasteiger partial charge in [0.05, 0.1) is 19.8 Å². The van der Waals surface area contributed by atoms with Gasteiger partial charge in [0.2, 0.25) is 6.29 Å². The molecular weight excluding hydrogens is 408 g/mol. The van der Waals surface area contributed by atoms with Crippen LogP contribution < -0.4 is 4.74 Å². The fourth-order valence-corrected chi connectivity index (χ4v) is 2.46. The van der Waals surface area contributed by atoms with Crippen molar-refractivity contribution in [2.75, 3.05) is 13.2 Å². The summed E-state index contributed by atoms with van der Waals surface area (Å²) >= 11 is 0. The predicted octanol–water partition coefficient (Wildman–Crippen LogP) is -4.38. The molecule has 1 heterocycles. The number of hydrogen-bond donors (Lipinski definition) is 9. The lowest BCUT2D eigenvalue weighted by Crippen LogP contribution is -2.60. The average Bonchev–Trinajstić information content (AvgIpc) is 2.78. The highest BCUT2D eigenvalue weighted by Gasteiger charge is 2.44. The van der Waals surface area contributed by atoms with E-state index in [2.05, 4.69) is 0 Å². The Morgan fingerprint density at radius 1 is 1.00 bits per heavy atom. The summed E-state index contributed by atoms with van der Waals surface area (Å²) in [5.41, 5.74) is 0.490. The van der Waals surface area contributed by atoms with Crippen LogP contribution in [0.15, 0.2) is 24.3 Å². The number of carbonyl (C=O) groups is 1. The number of aldehydes is 1. The lowest BCUT2D eigenvalue weighted by Gasteiger charge is -2.39. The van der Waals surface area contributed by atoms with Gasteiger partial charge in [0.1, 0.15) is 48.5 Å². The van der Waals surface area contributed by atoms with Gasteiger partial charge in [-0.2, -0.15) is 0 Å². The highest BCUT2D eigenvalue weighted by Crippen LogP contribution is 2.26. The molecule has 0 aromatic heterocycles. The largest absolute Gasteiger partial charge is 0.462 e. The summed E-state index contributed by atoms with van der Waals surface area (Å²) in [5.74, 6) is 0.291. The van der Waals surface area contributed by atoms with Crippen molar-refractivity contribution in [3.05, 3.63) is 29.8 Å². The van der Waals surface area contributed by atoms with Gasteiger partial charge in [-0.1, -0.05) is 18.2 Å². The minimum atomic E-state index is -1.64. The quantitative estimate of drug-likeness (QED) is 0.177. The molecule has 0 aliphatic carbocycles. The first-order valence-corrected chi connectivity index (χ1v) is 8.98. The molecule has 30 heavy (non-hydrogen) atoms. The molecule has 1 aromatic carbocycles. The van der Waals surface area contributed by atoms with Gasteiger partial charge in [-0.25, -0.2) is 0 Å². The van der Waals surface area contributed by atoms with E-state index < -0.39 is 62.2 Å². The van der Waals surface area contributed by atoms with E-state index in [9.17, 15) is 25.2 Å². The van der Waals surface area contributed by atoms with Crippen molar-refractivity contribution in [1.82, 2.24) is 0 Å². The van der Waals surface area contributed by atoms with Gasteiger partial charge in [-0.15, -0.1) is 0 Å². The Morgan fingerprint density at radius 3 is 2.17 bits per heavy atom. The van der Waals surface area contributed by atoms with Crippen molar-refractivity contribution in [3.63, 3.8) is 0 Å². The summed E-state index contributed by atoms with van der Waals surface area (Å²) in [6.45, 7) is -1.47. The molecule has 12 nitrogen and oxygen atoms in total. The third-order valence-corrected chi connectivity index (χ3v) is 4.31. The summed E-state index contributed by atoms with van der Waals surface area (Å²) in [4.78, 5) is 9.76. The van der Waals surface area contributed by atoms with Crippen LogP contribution in [0.4, 0.5) is 0 Å². The van der Waals surface area contributed by atoms with E-state index in [4.69, 9.17) is 35.0 Å². The van der Waals surface area contributed by atoms with Gasteiger partial charge >= 0.3 is 0 Å². The molecular formula is C18H28O12. The second-order valence-corrected chi connectivity index (χ2v) is 6.45.